The van der Waals surface area contributed by atoms with Crippen molar-refractivity contribution in [3.05, 3.63) is 36.6 Å². The van der Waals surface area contributed by atoms with Crippen LogP contribution < -0.4 is 0 Å². The largest absolute Gasteiger partial charge is 0.494 e. The van der Waals surface area contributed by atoms with Gasteiger partial charge in [0.2, 0.25) is 0 Å². The molecule has 0 radical (unpaired) electrons. The Morgan fingerprint density at radius 3 is 2.64 bits per heavy atom. The molecule has 0 aliphatic rings. The summed E-state index contributed by atoms with van der Waals surface area (Å²) in [4.78, 5) is 0. The van der Waals surface area contributed by atoms with Crippen molar-refractivity contribution in [3.63, 3.8) is 0 Å². The van der Waals surface area contributed by atoms with Gasteiger partial charge in [0.15, 0.2) is 0 Å². The lowest BCUT2D eigenvalue weighted by atomic mass is 10.2. The van der Waals surface area contributed by atoms with Gasteiger partial charge in [-0.25, -0.2) is 0 Å². The number of hydrogen-bond donors (Lipinski definition) is 0. The second-order valence-corrected chi connectivity index (χ2v) is 2.36. The highest BCUT2D eigenvalue weighted by atomic mass is 16.5. The van der Waals surface area contributed by atoms with E-state index in [1.165, 1.54) is 0 Å². The van der Waals surface area contributed by atoms with Crippen LogP contribution in [0.2, 0.25) is 0 Å². The van der Waals surface area contributed by atoms with Crippen LogP contribution in [0.25, 0.3) is 0 Å². The Morgan fingerprint density at radius 1 is 1.55 bits per heavy atom. The maximum Gasteiger partial charge on any atom is 0.115 e. The number of rotatable bonds is 5. The highest BCUT2D eigenvalue weighted by Gasteiger charge is 1.94. The molecule has 0 aliphatic carbocycles. The molecule has 0 spiro atoms. The molecule has 0 fully saturated rings. The Labute approximate surface area is 69.1 Å². The summed E-state index contributed by atoms with van der Waals surface area (Å²) in [7, 11) is 0. The Hall–Kier alpha value is -0.980. The Bertz CT molecular complexity index is 166. The minimum absolute atomic E-state index is 0.737. The quantitative estimate of drug-likeness (QED) is 0.434. The minimum atomic E-state index is 0.737. The Morgan fingerprint density at radius 2 is 2.18 bits per heavy atom. The number of allylic oxidation sites excluding steroid dienone is 3. The van der Waals surface area contributed by atoms with Crippen LogP contribution in [0.1, 0.15) is 20.3 Å². The summed E-state index contributed by atoms with van der Waals surface area (Å²) in [5.74, 6) is 0.742. The van der Waals surface area contributed by atoms with E-state index in [2.05, 4.69) is 20.1 Å². The molecule has 0 N–H and O–H groups in total. The van der Waals surface area contributed by atoms with Crippen LogP contribution in [0.5, 0.6) is 0 Å². The first-order chi connectivity index (χ1) is 5.22. The monoisotopic (exact) mass is 152 g/mol. The fourth-order valence-corrected chi connectivity index (χ4v) is 0.609. The molecule has 0 bridgehead atoms. The van der Waals surface area contributed by atoms with E-state index in [0.717, 1.165) is 24.4 Å². The molecule has 0 aromatic carbocycles. The first-order valence-corrected chi connectivity index (χ1v) is 3.83. The van der Waals surface area contributed by atoms with Gasteiger partial charge in [-0.2, -0.15) is 0 Å². The van der Waals surface area contributed by atoms with Crippen LogP contribution >= 0.6 is 0 Å². The molecule has 0 heterocycles. The molecule has 0 saturated carbocycles. The summed E-state index contributed by atoms with van der Waals surface area (Å²) >= 11 is 0. The molecule has 0 rings (SSSR count). The van der Waals surface area contributed by atoms with Crippen molar-refractivity contribution in [3.8, 4) is 0 Å². The molecule has 0 aromatic rings. The maximum atomic E-state index is 5.29. The first-order valence-electron chi connectivity index (χ1n) is 3.83. The molecule has 0 aromatic heterocycles. The van der Waals surface area contributed by atoms with Crippen LogP contribution in [0.4, 0.5) is 0 Å². The zero-order valence-electron chi connectivity index (χ0n) is 7.39. The summed E-state index contributed by atoms with van der Waals surface area (Å²) in [5, 5.41) is 0. The molecule has 0 amide bonds. The number of hydrogen-bond acceptors (Lipinski definition) is 1. The lowest BCUT2D eigenvalue weighted by Gasteiger charge is -2.06. The summed E-state index contributed by atoms with van der Waals surface area (Å²) in [6.45, 7) is 12.1. The molecule has 0 atom stereocenters. The van der Waals surface area contributed by atoms with Gasteiger partial charge in [-0.1, -0.05) is 32.2 Å². The van der Waals surface area contributed by atoms with Gasteiger partial charge in [-0.05, 0) is 18.9 Å². The zero-order chi connectivity index (χ0) is 8.69. The normalized spacial score (nSPS) is 10.9. The smallest absolute Gasteiger partial charge is 0.115 e. The zero-order valence-corrected chi connectivity index (χ0v) is 7.39. The van der Waals surface area contributed by atoms with Crippen molar-refractivity contribution in [1.29, 1.82) is 0 Å². The van der Waals surface area contributed by atoms with Crippen LogP contribution in [-0.2, 0) is 4.74 Å². The van der Waals surface area contributed by atoms with Crippen LogP contribution in [-0.4, -0.2) is 6.61 Å². The Kier molecular flexibility index (Phi) is 5.26. The lowest BCUT2D eigenvalue weighted by Crippen LogP contribution is -1.93. The molecule has 62 valence electrons. The van der Waals surface area contributed by atoms with Crippen molar-refractivity contribution < 1.29 is 4.74 Å². The van der Waals surface area contributed by atoms with Crippen molar-refractivity contribution in [1.82, 2.24) is 0 Å². The third-order valence-electron chi connectivity index (χ3n) is 1.29. The van der Waals surface area contributed by atoms with Crippen molar-refractivity contribution >= 4 is 0 Å². The third kappa shape index (κ3) is 4.43. The molecule has 0 unspecified atom stereocenters. The summed E-state index contributed by atoms with van der Waals surface area (Å²) in [6, 6.07) is 0. The predicted molar refractivity (Wildman–Crippen MR) is 49.3 cm³/mol. The van der Waals surface area contributed by atoms with E-state index in [-0.39, 0.29) is 0 Å². The van der Waals surface area contributed by atoms with E-state index in [9.17, 15) is 0 Å². The molecular formula is C10H16O. The standard InChI is InChI=1S/C10H16O/c1-5-7-9(3)10(4)11-8-6-2/h5,7H,1,4,6,8H2,2-3H3/b9-7-. The van der Waals surface area contributed by atoms with E-state index >= 15 is 0 Å². The van der Waals surface area contributed by atoms with E-state index < -0.39 is 0 Å². The molecular weight excluding hydrogens is 136 g/mol. The van der Waals surface area contributed by atoms with Crippen LogP contribution in [0.15, 0.2) is 36.6 Å². The van der Waals surface area contributed by atoms with Crippen molar-refractivity contribution in [2.75, 3.05) is 6.61 Å². The van der Waals surface area contributed by atoms with Gasteiger partial charge in [0.1, 0.15) is 5.76 Å². The van der Waals surface area contributed by atoms with Gasteiger partial charge in [0.25, 0.3) is 0 Å². The topological polar surface area (TPSA) is 9.23 Å². The fraction of sp³-hybridized carbons (Fsp3) is 0.400. The van der Waals surface area contributed by atoms with Gasteiger partial charge in [0, 0.05) is 0 Å². The van der Waals surface area contributed by atoms with Crippen LogP contribution in [0, 0.1) is 0 Å². The van der Waals surface area contributed by atoms with Gasteiger partial charge in [-0.15, -0.1) is 0 Å². The van der Waals surface area contributed by atoms with Crippen molar-refractivity contribution in [2.45, 2.75) is 20.3 Å². The third-order valence-corrected chi connectivity index (χ3v) is 1.29. The van der Waals surface area contributed by atoms with Gasteiger partial charge < -0.3 is 4.74 Å². The summed E-state index contributed by atoms with van der Waals surface area (Å²) in [6.07, 6.45) is 4.63. The minimum Gasteiger partial charge on any atom is -0.494 e. The first kappa shape index (κ1) is 10.0. The average Bonchev–Trinajstić information content (AvgIpc) is 2.00. The summed E-state index contributed by atoms with van der Waals surface area (Å²) in [5.41, 5.74) is 1.04. The van der Waals surface area contributed by atoms with Gasteiger partial charge in [0.05, 0.1) is 6.61 Å². The van der Waals surface area contributed by atoms with E-state index in [4.69, 9.17) is 4.74 Å². The fourth-order valence-electron chi connectivity index (χ4n) is 0.609. The number of ether oxygens (including phenoxy) is 1. The molecule has 11 heavy (non-hydrogen) atoms. The molecule has 0 saturated heterocycles. The molecule has 0 aliphatic heterocycles. The SMILES string of the molecule is C=C/C=C(/C)C(=C)OCCC. The average molecular weight is 152 g/mol. The molecule has 1 heteroatoms. The predicted octanol–water partition coefficient (Wildman–Crippen LogP) is 3.06. The molecule has 1 nitrogen and oxygen atoms in total. The second-order valence-electron chi connectivity index (χ2n) is 2.36. The van der Waals surface area contributed by atoms with E-state index in [1.807, 2.05) is 13.0 Å². The Balaban J connectivity index is 3.82. The highest BCUT2D eigenvalue weighted by Crippen LogP contribution is 2.08. The van der Waals surface area contributed by atoms with Crippen molar-refractivity contribution in [2.24, 2.45) is 0 Å². The van der Waals surface area contributed by atoms with Gasteiger partial charge in [-0.3, -0.25) is 0 Å². The second kappa shape index (κ2) is 5.78. The highest BCUT2D eigenvalue weighted by molar-refractivity contribution is 5.24. The van der Waals surface area contributed by atoms with Gasteiger partial charge >= 0.3 is 0 Å². The maximum absolute atomic E-state index is 5.29. The van der Waals surface area contributed by atoms with E-state index in [1.54, 1.807) is 6.08 Å². The van der Waals surface area contributed by atoms with Crippen LogP contribution in [0.3, 0.4) is 0 Å². The summed E-state index contributed by atoms with van der Waals surface area (Å²) < 4.78 is 5.29. The van der Waals surface area contributed by atoms with E-state index in [0.29, 0.717) is 0 Å². The lowest BCUT2D eigenvalue weighted by molar-refractivity contribution is 0.222.